The lowest BCUT2D eigenvalue weighted by atomic mass is 10.1. The van der Waals surface area contributed by atoms with Gasteiger partial charge in [-0.3, -0.25) is 9.59 Å². The highest BCUT2D eigenvalue weighted by atomic mass is 16.6. The Morgan fingerprint density at radius 3 is 1.51 bits per heavy atom. The number of unbranched alkanes of at least 4 members (excludes halogenated alkanes) is 11. The summed E-state index contributed by atoms with van der Waals surface area (Å²) >= 11 is 0. The number of carbonyl (C=O) groups excluding carboxylic acids is 2. The van der Waals surface area contributed by atoms with Crippen LogP contribution in [0.25, 0.3) is 0 Å². The van der Waals surface area contributed by atoms with E-state index in [1.54, 1.807) is 0 Å². The number of likely N-dealkylation sites (N-methyl/N-ethyl adjacent to an activating group) is 1. The van der Waals surface area contributed by atoms with E-state index in [-0.39, 0.29) is 42.7 Å². The number of allylic oxidation sites excluding steroid dienone is 16. The van der Waals surface area contributed by atoms with Crippen molar-refractivity contribution in [2.24, 2.45) is 0 Å². The summed E-state index contributed by atoms with van der Waals surface area (Å²) in [5.74, 6) is -1.54. The summed E-state index contributed by atoms with van der Waals surface area (Å²) in [5, 5.41) is 9.61. The summed E-state index contributed by atoms with van der Waals surface area (Å²) in [4.78, 5) is 36.9. The van der Waals surface area contributed by atoms with Crippen LogP contribution in [-0.2, 0) is 28.6 Å². The van der Waals surface area contributed by atoms with Crippen molar-refractivity contribution in [2.45, 2.75) is 142 Å². The molecule has 0 rings (SSSR count). The number of esters is 2. The maximum atomic E-state index is 12.7. The number of quaternary nitrogens is 1. The fourth-order valence-corrected chi connectivity index (χ4v) is 5.41. The van der Waals surface area contributed by atoms with Crippen molar-refractivity contribution in [3.63, 3.8) is 0 Å². The van der Waals surface area contributed by atoms with Gasteiger partial charge in [-0.25, -0.2) is 4.79 Å². The number of carboxylic acid groups (broad SMARTS) is 1. The fourth-order valence-electron chi connectivity index (χ4n) is 5.41. The topological polar surface area (TPSA) is 99.1 Å². The zero-order valence-electron chi connectivity index (χ0n) is 35.1. The quantitative estimate of drug-likeness (QED) is 0.0297. The van der Waals surface area contributed by atoms with Crippen LogP contribution >= 0.6 is 0 Å². The molecule has 2 atom stereocenters. The smallest absolute Gasteiger partial charge is 0.362 e. The van der Waals surface area contributed by atoms with Crippen LogP contribution in [0.1, 0.15) is 129 Å². The Morgan fingerprint density at radius 1 is 0.564 bits per heavy atom. The van der Waals surface area contributed by atoms with Crippen LogP contribution in [0, 0.1) is 0 Å². The summed E-state index contributed by atoms with van der Waals surface area (Å²) < 4.78 is 17.2. The lowest BCUT2D eigenvalue weighted by Crippen LogP contribution is -2.50. The summed E-state index contributed by atoms with van der Waals surface area (Å²) in [5.41, 5.74) is 0. The first-order valence-corrected chi connectivity index (χ1v) is 20.9. The van der Waals surface area contributed by atoms with Gasteiger partial charge in [0.05, 0.1) is 34.4 Å². The van der Waals surface area contributed by atoms with Gasteiger partial charge in [-0.2, -0.15) is 0 Å². The van der Waals surface area contributed by atoms with Crippen LogP contribution in [0.3, 0.4) is 0 Å². The third-order valence-corrected chi connectivity index (χ3v) is 8.64. The molecule has 0 aromatic heterocycles. The summed E-state index contributed by atoms with van der Waals surface area (Å²) in [6.07, 6.45) is 48.7. The second-order valence-electron chi connectivity index (χ2n) is 14.7. The number of carbonyl (C=O) groups is 3. The maximum absolute atomic E-state index is 12.7. The summed E-state index contributed by atoms with van der Waals surface area (Å²) in [7, 11) is 5.49. The third kappa shape index (κ3) is 35.7. The highest BCUT2D eigenvalue weighted by Gasteiger charge is 2.31. The van der Waals surface area contributed by atoms with Crippen molar-refractivity contribution in [1.29, 1.82) is 0 Å². The van der Waals surface area contributed by atoms with Gasteiger partial charge in [0.2, 0.25) is 0 Å². The number of carboxylic acids is 1. The molecule has 0 aliphatic heterocycles. The Balaban J connectivity index is 4.49. The largest absolute Gasteiger partial charge is 0.477 e. The van der Waals surface area contributed by atoms with Gasteiger partial charge in [0.1, 0.15) is 6.61 Å². The van der Waals surface area contributed by atoms with Crippen LogP contribution in [0.4, 0.5) is 0 Å². The van der Waals surface area contributed by atoms with E-state index in [0.717, 1.165) is 89.9 Å². The predicted octanol–water partition coefficient (Wildman–Crippen LogP) is 11.1. The van der Waals surface area contributed by atoms with Crippen molar-refractivity contribution >= 4 is 17.9 Å². The van der Waals surface area contributed by atoms with E-state index in [0.29, 0.717) is 12.8 Å². The van der Waals surface area contributed by atoms with Crippen LogP contribution in [0.15, 0.2) is 97.2 Å². The van der Waals surface area contributed by atoms with Crippen molar-refractivity contribution in [1.82, 2.24) is 0 Å². The van der Waals surface area contributed by atoms with E-state index in [1.807, 2.05) is 69.8 Å². The zero-order chi connectivity index (χ0) is 40.7. The Kier molecular flexibility index (Phi) is 34.7. The van der Waals surface area contributed by atoms with E-state index < -0.39 is 18.1 Å². The van der Waals surface area contributed by atoms with Gasteiger partial charge >= 0.3 is 17.9 Å². The predicted molar refractivity (Wildman–Crippen MR) is 229 cm³/mol. The van der Waals surface area contributed by atoms with Crippen LogP contribution < -0.4 is 0 Å². The molecule has 0 aliphatic rings. The van der Waals surface area contributed by atoms with Gasteiger partial charge in [0, 0.05) is 19.3 Å². The Labute approximate surface area is 335 Å². The van der Waals surface area contributed by atoms with E-state index in [4.69, 9.17) is 14.2 Å². The number of aliphatic carboxylic acids is 1. The SMILES string of the molecule is CC/C=C/C=C/C=C/CCCCCCCC(=O)OCC(COCCC(C(=O)O)[N+](C)(C)C)OC(=O)CCCCCCC/C=C/C=C/C=C/C=C/C=C/CCC. The molecule has 0 heterocycles. The number of hydrogen-bond acceptors (Lipinski definition) is 6. The molecule has 8 nitrogen and oxygen atoms in total. The number of rotatable bonds is 35. The molecule has 0 saturated heterocycles. The molecule has 0 aromatic rings. The first-order chi connectivity index (χ1) is 26.6. The Bertz CT molecular complexity index is 1220. The van der Waals surface area contributed by atoms with E-state index >= 15 is 0 Å². The molecule has 0 aromatic carbocycles. The van der Waals surface area contributed by atoms with E-state index in [1.165, 1.54) is 6.42 Å². The van der Waals surface area contributed by atoms with Gasteiger partial charge in [0.15, 0.2) is 12.1 Å². The van der Waals surface area contributed by atoms with Gasteiger partial charge in [0.25, 0.3) is 0 Å². The minimum absolute atomic E-state index is 0.0367. The Morgan fingerprint density at radius 2 is 1.02 bits per heavy atom. The molecule has 0 aliphatic carbocycles. The molecule has 2 unspecified atom stereocenters. The minimum Gasteiger partial charge on any atom is -0.477 e. The molecule has 0 amide bonds. The van der Waals surface area contributed by atoms with Gasteiger partial charge in [-0.15, -0.1) is 0 Å². The first-order valence-electron chi connectivity index (χ1n) is 20.9. The van der Waals surface area contributed by atoms with Crippen molar-refractivity contribution in [3.8, 4) is 0 Å². The number of hydrogen-bond donors (Lipinski definition) is 1. The highest BCUT2D eigenvalue weighted by molar-refractivity contribution is 5.72. The molecule has 0 fully saturated rings. The summed E-state index contributed by atoms with van der Waals surface area (Å²) in [6, 6.07) is -0.628. The average Bonchev–Trinajstić information content (AvgIpc) is 3.14. The van der Waals surface area contributed by atoms with E-state index in [9.17, 15) is 19.5 Å². The maximum Gasteiger partial charge on any atom is 0.362 e. The average molecular weight is 767 g/mol. The van der Waals surface area contributed by atoms with Crippen LogP contribution in [0.5, 0.6) is 0 Å². The molecule has 310 valence electrons. The Hall–Kier alpha value is -3.75. The molecule has 0 spiro atoms. The summed E-state index contributed by atoms with van der Waals surface area (Å²) in [6.45, 7) is 4.43. The van der Waals surface area contributed by atoms with Crippen LogP contribution in [0.2, 0.25) is 0 Å². The van der Waals surface area contributed by atoms with E-state index in [2.05, 4.69) is 62.5 Å². The number of ether oxygens (including phenoxy) is 3. The van der Waals surface area contributed by atoms with Crippen molar-refractivity contribution in [2.75, 3.05) is 41.0 Å². The highest BCUT2D eigenvalue weighted by Crippen LogP contribution is 2.12. The van der Waals surface area contributed by atoms with Gasteiger partial charge < -0.3 is 23.8 Å². The van der Waals surface area contributed by atoms with Gasteiger partial charge in [-0.05, 0) is 51.4 Å². The molecular formula is C47H76NO7+. The van der Waals surface area contributed by atoms with Crippen LogP contribution in [-0.4, -0.2) is 80.6 Å². The lowest BCUT2D eigenvalue weighted by Gasteiger charge is -2.31. The lowest BCUT2D eigenvalue weighted by molar-refractivity contribution is -0.887. The van der Waals surface area contributed by atoms with Crippen molar-refractivity contribution in [3.05, 3.63) is 97.2 Å². The standard InChI is InChI=1S/C47H75NO7/c1-6-8-10-12-14-16-18-20-21-22-23-24-26-28-30-32-34-36-38-46(50)55-43(41-53-40-39-44(47(51)52)48(3,4)5)42-54-45(49)37-35-33-31-29-27-25-19-17-15-13-11-9-7-2/h9-24,43-44H,6-8,25-42H2,1-5H3/p+1/b11-9+,12-10+,15-13+,16-14+,19-17+,20-18+,22-21+,24-23+. The second kappa shape index (κ2) is 37.2. The molecule has 1 N–H and O–H groups in total. The molecular weight excluding hydrogens is 691 g/mol. The third-order valence-electron chi connectivity index (χ3n) is 8.64. The number of nitrogens with zero attached hydrogens (tertiary/aromatic N) is 1. The zero-order valence-corrected chi connectivity index (χ0v) is 35.1. The molecule has 55 heavy (non-hydrogen) atoms. The first kappa shape index (κ1) is 51.2. The molecule has 0 saturated carbocycles. The normalized spacial score (nSPS) is 14.0. The van der Waals surface area contributed by atoms with Gasteiger partial charge in [-0.1, -0.05) is 156 Å². The minimum atomic E-state index is -0.889. The second-order valence-corrected chi connectivity index (χ2v) is 14.7. The fraction of sp³-hybridized carbons (Fsp3) is 0.596. The molecule has 0 bridgehead atoms. The monoisotopic (exact) mass is 767 g/mol. The molecule has 8 heteroatoms. The van der Waals surface area contributed by atoms with Crippen molar-refractivity contribution < 1.29 is 38.2 Å². The molecule has 0 radical (unpaired) electrons.